The van der Waals surface area contributed by atoms with Crippen molar-refractivity contribution in [3.63, 3.8) is 0 Å². The average Bonchev–Trinajstić information content (AvgIpc) is 2.84. The number of likely N-dealkylation sites (N-methyl/N-ethyl adjacent to an activating group) is 1. The van der Waals surface area contributed by atoms with E-state index in [2.05, 4.69) is 28.2 Å². The van der Waals surface area contributed by atoms with Crippen molar-refractivity contribution in [2.75, 3.05) is 33.8 Å². The first-order valence-electron chi connectivity index (χ1n) is 13.8. The number of hydrogen-bond acceptors (Lipinski definition) is 6. The highest BCUT2D eigenvalue weighted by atomic mass is 16.5. The van der Waals surface area contributed by atoms with Crippen molar-refractivity contribution < 1.29 is 9.53 Å². The van der Waals surface area contributed by atoms with Crippen LogP contribution >= 0.6 is 0 Å². The summed E-state index contributed by atoms with van der Waals surface area (Å²) in [5.41, 5.74) is 0. The molecule has 2 aliphatic heterocycles. The maximum atomic E-state index is 13.2. The molecular weight excluding hydrogens is 414 g/mol. The Labute approximate surface area is 201 Å². The third-order valence-corrected chi connectivity index (χ3v) is 8.89. The van der Waals surface area contributed by atoms with E-state index in [0.717, 1.165) is 44.8 Å². The molecule has 4 fully saturated rings. The number of nitrogens with one attached hydrogen (secondary N) is 4. The molecule has 0 spiro atoms. The molecule has 190 valence electrons. The van der Waals surface area contributed by atoms with Gasteiger partial charge >= 0.3 is 0 Å². The van der Waals surface area contributed by atoms with Crippen molar-refractivity contribution in [3.05, 3.63) is 0 Å². The van der Waals surface area contributed by atoms with E-state index in [4.69, 9.17) is 4.74 Å². The molecule has 0 aromatic carbocycles. The molecule has 7 heteroatoms. The van der Waals surface area contributed by atoms with Gasteiger partial charge in [-0.25, -0.2) is 0 Å². The minimum atomic E-state index is 0.162. The van der Waals surface area contributed by atoms with E-state index >= 15 is 0 Å². The van der Waals surface area contributed by atoms with Gasteiger partial charge in [0.05, 0.1) is 6.10 Å². The van der Waals surface area contributed by atoms with Crippen LogP contribution in [0.3, 0.4) is 0 Å². The SMILES string of the molecule is COC1CCC(C2CNC(NC3CCCC(C(=O)N(C)CC4CCCC(C)N4)C3)NC2)CC1. The molecule has 0 bridgehead atoms. The molecule has 2 saturated heterocycles. The Hall–Kier alpha value is -0.730. The highest BCUT2D eigenvalue weighted by Gasteiger charge is 2.34. The number of rotatable bonds is 7. The number of carbonyl (C=O) groups excluding carboxylic acids is 1. The highest BCUT2D eigenvalue weighted by Crippen LogP contribution is 2.32. The predicted molar refractivity (Wildman–Crippen MR) is 133 cm³/mol. The summed E-state index contributed by atoms with van der Waals surface area (Å²) in [6.45, 7) is 5.26. The van der Waals surface area contributed by atoms with E-state index in [0.29, 0.717) is 36.1 Å². The molecule has 4 atom stereocenters. The second kappa shape index (κ2) is 12.3. The Balaban J connectivity index is 1.17. The summed E-state index contributed by atoms with van der Waals surface area (Å²) in [5.74, 6) is 2.03. The smallest absolute Gasteiger partial charge is 0.225 e. The number of methoxy groups -OCH3 is 1. The molecule has 4 N–H and O–H groups in total. The van der Waals surface area contributed by atoms with Gasteiger partial charge < -0.3 is 15.0 Å². The molecule has 4 rings (SSSR count). The molecule has 4 unspecified atom stereocenters. The van der Waals surface area contributed by atoms with Gasteiger partial charge in [-0.3, -0.25) is 20.7 Å². The summed E-state index contributed by atoms with van der Waals surface area (Å²) in [6, 6.07) is 1.44. The fourth-order valence-electron chi connectivity index (χ4n) is 6.85. The summed E-state index contributed by atoms with van der Waals surface area (Å²) >= 11 is 0. The number of nitrogens with zero attached hydrogens (tertiary/aromatic N) is 1. The summed E-state index contributed by atoms with van der Waals surface area (Å²) in [7, 11) is 3.85. The van der Waals surface area contributed by atoms with Crippen molar-refractivity contribution in [3.8, 4) is 0 Å². The third-order valence-electron chi connectivity index (χ3n) is 8.89. The quantitative estimate of drug-likeness (QED) is 0.465. The molecule has 1 amide bonds. The average molecular weight is 464 g/mol. The number of carbonyl (C=O) groups is 1. The van der Waals surface area contributed by atoms with Crippen molar-refractivity contribution in [2.45, 2.75) is 108 Å². The largest absolute Gasteiger partial charge is 0.381 e. The van der Waals surface area contributed by atoms with Crippen LogP contribution in [-0.4, -0.2) is 75.1 Å². The lowest BCUT2D eigenvalue weighted by Crippen LogP contribution is -2.63. The lowest BCUT2D eigenvalue weighted by atomic mass is 9.78. The number of piperidine rings is 1. The van der Waals surface area contributed by atoms with Crippen LogP contribution in [0.15, 0.2) is 0 Å². The van der Waals surface area contributed by atoms with E-state index in [1.54, 1.807) is 0 Å². The normalized spacial score (nSPS) is 40.3. The Morgan fingerprint density at radius 1 is 0.970 bits per heavy atom. The molecule has 0 radical (unpaired) electrons. The fourth-order valence-corrected chi connectivity index (χ4v) is 6.85. The molecule has 4 aliphatic rings. The summed E-state index contributed by atoms with van der Waals surface area (Å²) in [6.07, 6.45) is 13.7. The van der Waals surface area contributed by atoms with Gasteiger partial charge in [-0.2, -0.15) is 0 Å². The van der Waals surface area contributed by atoms with Crippen LogP contribution in [0, 0.1) is 17.8 Å². The lowest BCUT2D eigenvalue weighted by Gasteiger charge is -2.41. The second-order valence-corrected chi connectivity index (χ2v) is 11.4. The summed E-state index contributed by atoms with van der Waals surface area (Å²) < 4.78 is 5.54. The van der Waals surface area contributed by atoms with Crippen molar-refractivity contribution in [1.29, 1.82) is 0 Å². The Morgan fingerprint density at radius 3 is 2.39 bits per heavy atom. The predicted octanol–water partition coefficient (Wildman–Crippen LogP) is 2.42. The van der Waals surface area contributed by atoms with Crippen molar-refractivity contribution >= 4 is 5.91 Å². The van der Waals surface area contributed by atoms with Crippen LogP contribution in [0.2, 0.25) is 0 Å². The minimum absolute atomic E-state index is 0.162. The zero-order valence-corrected chi connectivity index (χ0v) is 21.3. The van der Waals surface area contributed by atoms with Gasteiger partial charge in [0.15, 0.2) is 0 Å². The zero-order valence-electron chi connectivity index (χ0n) is 21.3. The number of hydrogen-bond donors (Lipinski definition) is 4. The van der Waals surface area contributed by atoms with Crippen molar-refractivity contribution in [1.82, 2.24) is 26.2 Å². The van der Waals surface area contributed by atoms with E-state index in [9.17, 15) is 4.79 Å². The van der Waals surface area contributed by atoms with E-state index in [-0.39, 0.29) is 12.2 Å². The number of amides is 1. The molecule has 0 aromatic rings. The maximum Gasteiger partial charge on any atom is 0.225 e. The fraction of sp³-hybridized carbons (Fsp3) is 0.962. The highest BCUT2D eigenvalue weighted by molar-refractivity contribution is 5.78. The minimum Gasteiger partial charge on any atom is -0.381 e. The molecule has 2 heterocycles. The molecule has 2 saturated carbocycles. The molecule has 2 aliphatic carbocycles. The standard InChI is InChI=1S/C26H49N5O2/c1-18-6-4-9-23(29-18)17-31(2)25(32)20-7-5-8-22(14-20)30-26-27-15-21(16-28-26)19-10-12-24(33-3)13-11-19/h18-24,26-30H,4-17H2,1-3H3. The third kappa shape index (κ3) is 7.14. The topological polar surface area (TPSA) is 77.7 Å². The number of ether oxygens (including phenoxy) is 1. The zero-order chi connectivity index (χ0) is 23.2. The van der Waals surface area contributed by atoms with Gasteiger partial charge in [0.25, 0.3) is 0 Å². The van der Waals surface area contributed by atoms with E-state index in [1.165, 1.54) is 51.4 Å². The Kier molecular flexibility index (Phi) is 9.45. The summed E-state index contributed by atoms with van der Waals surface area (Å²) in [4.78, 5) is 15.2. The first-order valence-corrected chi connectivity index (χ1v) is 13.8. The van der Waals surface area contributed by atoms with Crippen LogP contribution < -0.4 is 21.3 Å². The first-order chi connectivity index (χ1) is 16.0. The van der Waals surface area contributed by atoms with Crippen molar-refractivity contribution in [2.24, 2.45) is 17.8 Å². The van der Waals surface area contributed by atoms with Gasteiger partial charge in [-0.05, 0) is 76.5 Å². The lowest BCUT2D eigenvalue weighted by molar-refractivity contribution is -0.136. The van der Waals surface area contributed by atoms with Crippen LogP contribution in [0.1, 0.15) is 77.6 Å². The molecule has 0 aromatic heterocycles. The monoisotopic (exact) mass is 463 g/mol. The van der Waals surface area contributed by atoms with Gasteiger partial charge in [-0.15, -0.1) is 0 Å². The van der Waals surface area contributed by atoms with Gasteiger partial charge in [0.2, 0.25) is 5.91 Å². The Bertz CT molecular complexity index is 603. The van der Waals surface area contributed by atoms with E-state index < -0.39 is 0 Å². The van der Waals surface area contributed by atoms with Gasteiger partial charge in [-0.1, -0.05) is 12.8 Å². The van der Waals surface area contributed by atoms with Gasteiger partial charge in [0, 0.05) is 57.8 Å². The van der Waals surface area contributed by atoms with Crippen LogP contribution in [0.4, 0.5) is 0 Å². The molecule has 33 heavy (non-hydrogen) atoms. The van der Waals surface area contributed by atoms with Gasteiger partial charge in [0.1, 0.15) is 6.29 Å². The van der Waals surface area contributed by atoms with Crippen LogP contribution in [0.5, 0.6) is 0 Å². The first kappa shape index (κ1) is 25.4. The van der Waals surface area contributed by atoms with E-state index in [1.807, 2.05) is 19.1 Å². The molecular formula is C26H49N5O2. The van der Waals surface area contributed by atoms with Crippen LogP contribution in [0.25, 0.3) is 0 Å². The van der Waals surface area contributed by atoms with Crippen LogP contribution in [-0.2, 0) is 9.53 Å². The molecule has 7 nitrogen and oxygen atoms in total. The second-order valence-electron chi connectivity index (χ2n) is 11.4. The Morgan fingerprint density at radius 2 is 1.70 bits per heavy atom. The maximum absolute atomic E-state index is 13.2. The summed E-state index contributed by atoms with van der Waals surface area (Å²) in [5, 5.41) is 14.9.